The second-order valence-corrected chi connectivity index (χ2v) is 1.71. The number of aliphatic carboxylic acids is 1. The van der Waals surface area contributed by atoms with Crippen molar-refractivity contribution in [2.24, 2.45) is 0 Å². The highest BCUT2D eigenvalue weighted by Crippen LogP contribution is 2.09. The molecule has 0 aromatic rings. The van der Waals surface area contributed by atoms with Gasteiger partial charge in [0.2, 0.25) is 6.10 Å². The lowest BCUT2D eigenvalue weighted by Gasteiger charge is -2.06. The first-order valence-corrected chi connectivity index (χ1v) is 2.45. The van der Waals surface area contributed by atoms with Crippen LogP contribution in [0.2, 0.25) is 0 Å². The highest BCUT2D eigenvalue weighted by atomic mass is 16.5. The van der Waals surface area contributed by atoms with E-state index in [0.717, 1.165) is 0 Å². The fourth-order valence-corrected chi connectivity index (χ4v) is 0.596. The quantitative estimate of drug-likeness (QED) is 0.494. The first-order chi connectivity index (χ1) is 4.22. The topological polar surface area (TPSA) is 66.8 Å². The molecular formula is C5H6O4. The van der Waals surface area contributed by atoms with Crippen LogP contribution in [0.15, 0.2) is 12.3 Å². The number of hydrogen-bond acceptors (Lipinski definition) is 3. The number of aliphatic hydroxyl groups is 1. The van der Waals surface area contributed by atoms with Gasteiger partial charge >= 0.3 is 5.97 Å². The van der Waals surface area contributed by atoms with E-state index in [-0.39, 0.29) is 0 Å². The molecule has 2 N–H and O–H groups in total. The fraction of sp³-hybridized carbons (Fsp3) is 0.400. The van der Waals surface area contributed by atoms with Gasteiger partial charge in [-0.3, -0.25) is 0 Å². The number of ether oxygens (including phenoxy) is 1. The van der Waals surface area contributed by atoms with Gasteiger partial charge in [0.25, 0.3) is 0 Å². The van der Waals surface area contributed by atoms with E-state index < -0.39 is 18.2 Å². The van der Waals surface area contributed by atoms with E-state index in [1.54, 1.807) is 0 Å². The first kappa shape index (κ1) is 6.10. The number of rotatable bonds is 1. The maximum absolute atomic E-state index is 10.1. The summed E-state index contributed by atoms with van der Waals surface area (Å²) in [4.78, 5) is 10.1. The molecule has 0 aromatic heterocycles. The summed E-state index contributed by atoms with van der Waals surface area (Å²) < 4.78 is 4.50. The van der Waals surface area contributed by atoms with Gasteiger partial charge < -0.3 is 14.9 Å². The van der Waals surface area contributed by atoms with Crippen LogP contribution in [0.4, 0.5) is 0 Å². The third-order valence-corrected chi connectivity index (χ3v) is 1.05. The van der Waals surface area contributed by atoms with Gasteiger partial charge in [-0.2, -0.15) is 0 Å². The van der Waals surface area contributed by atoms with Gasteiger partial charge in [0.15, 0.2) is 0 Å². The van der Waals surface area contributed by atoms with E-state index in [4.69, 9.17) is 10.2 Å². The van der Waals surface area contributed by atoms with E-state index >= 15 is 0 Å². The summed E-state index contributed by atoms with van der Waals surface area (Å²) in [5, 5.41) is 17.0. The normalized spacial score (nSPS) is 32.1. The van der Waals surface area contributed by atoms with Crippen molar-refractivity contribution in [3.8, 4) is 0 Å². The summed E-state index contributed by atoms with van der Waals surface area (Å²) in [6.07, 6.45) is 0.370. The molecule has 0 fully saturated rings. The first-order valence-electron chi connectivity index (χ1n) is 2.45. The van der Waals surface area contributed by atoms with Gasteiger partial charge in [-0.1, -0.05) is 0 Å². The Morgan fingerprint density at radius 1 is 1.67 bits per heavy atom. The smallest absolute Gasteiger partial charge is 0.347 e. The monoisotopic (exact) mass is 130 g/mol. The Hall–Kier alpha value is -1.03. The molecule has 0 bridgehead atoms. The molecule has 0 saturated carbocycles. The number of aliphatic hydroxyl groups excluding tert-OH is 1. The van der Waals surface area contributed by atoms with Crippen LogP contribution in [0, 0.1) is 0 Å². The van der Waals surface area contributed by atoms with Gasteiger partial charge in [-0.05, 0) is 6.08 Å². The SMILES string of the molecule is O=C(O)C1OC=CC1O. The lowest BCUT2D eigenvalue weighted by atomic mass is 10.2. The Morgan fingerprint density at radius 3 is 2.56 bits per heavy atom. The van der Waals surface area contributed by atoms with Crippen LogP contribution in [0.5, 0.6) is 0 Å². The number of carboxylic acid groups (broad SMARTS) is 1. The zero-order chi connectivity index (χ0) is 6.85. The second kappa shape index (κ2) is 2.06. The Balaban J connectivity index is 2.55. The minimum Gasteiger partial charge on any atom is -0.483 e. The van der Waals surface area contributed by atoms with Crippen LogP contribution < -0.4 is 0 Å². The maximum atomic E-state index is 10.1. The molecule has 0 amide bonds. The summed E-state index contributed by atoms with van der Waals surface area (Å²) in [6.45, 7) is 0. The lowest BCUT2D eigenvalue weighted by Crippen LogP contribution is -2.30. The average molecular weight is 130 g/mol. The van der Waals surface area contributed by atoms with Gasteiger partial charge in [0, 0.05) is 0 Å². The zero-order valence-corrected chi connectivity index (χ0v) is 4.52. The van der Waals surface area contributed by atoms with E-state index in [9.17, 15) is 4.79 Å². The third kappa shape index (κ3) is 1.02. The molecule has 2 unspecified atom stereocenters. The molecule has 1 aliphatic heterocycles. The van der Waals surface area contributed by atoms with E-state index in [2.05, 4.69) is 4.74 Å². The van der Waals surface area contributed by atoms with Crippen LogP contribution in [0.25, 0.3) is 0 Å². The predicted octanol–water partition coefficient (Wildman–Crippen LogP) is -0.656. The number of carbonyl (C=O) groups is 1. The molecule has 4 heteroatoms. The molecule has 0 aromatic carbocycles. The second-order valence-electron chi connectivity index (χ2n) is 1.71. The van der Waals surface area contributed by atoms with Crippen molar-refractivity contribution in [2.75, 3.05) is 0 Å². The highest BCUT2D eigenvalue weighted by molar-refractivity contribution is 5.74. The molecule has 0 saturated heterocycles. The summed E-state index contributed by atoms with van der Waals surface area (Å²) >= 11 is 0. The van der Waals surface area contributed by atoms with Crippen LogP contribution in [0.1, 0.15) is 0 Å². The van der Waals surface area contributed by atoms with E-state index in [1.807, 2.05) is 0 Å². The van der Waals surface area contributed by atoms with Crippen molar-refractivity contribution in [1.29, 1.82) is 0 Å². The third-order valence-electron chi connectivity index (χ3n) is 1.05. The molecule has 9 heavy (non-hydrogen) atoms. The van der Waals surface area contributed by atoms with Crippen molar-refractivity contribution in [2.45, 2.75) is 12.2 Å². The average Bonchev–Trinajstić information content (AvgIpc) is 2.13. The van der Waals surface area contributed by atoms with Crippen LogP contribution in [-0.2, 0) is 9.53 Å². The van der Waals surface area contributed by atoms with E-state index in [1.165, 1.54) is 12.3 Å². The predicted molar refractivity (Wildman–Crippen MR) is 27.7 cm³/mol. The maximum Gasteiger partial charge on any atom is 0.347 e. The minimum absolute atomic E-state index is 0.998. The molecule has 2 atom stereocenters. The number of hydrogen-bond donors (Lipinski definition) is 2. The summed E-state index contributed by atoms with van der Waals surface area (Å²) in [5.41, 5.74) is 0. The Morgan fingerprint density at radius 2 is 2.33 bits per heavy atom. The van der Waals surface area contributed by atoms with E-state index in [0.29, 0.717) is 0 Å². The van der Waals surface area contributed by atoms with Crippen molar-refractivity contribution < 1.29 is 19.7 Å². The van der Waals surface area contributed by atoms with Crippen LogP contribution >= 0.6 is 0 Å². The highest BCUT2D eigenvalue weighted by Gasteiger charge is 2.28. The molecule has 1 heterocycles. The van der Waals surface area contributed by atoms with Crippen molar-refractivity contribution in [3.63, 3.8) is 0 Å². The van der Waals surface area contributed by atoms with Crippen molar-refractivity contribution >= 4 is 5.97 Å². The van der Waals surface area contributed by atoms with Gasteiger partial charge in [-0.25, -0.2) is 4.79 Å². The minimum atomic E-state index is -1.15. The lowest BCUT2D eigenvalue weighted by molar-refractivity contribution is -0.149. The molecule has 4 nitrogen and oxygen atoms in total. The summed E-state index contributed by atoms with van der Waals surface area (Å²) in [7, 11) is 0. The van der Waals surface area contributed by atoms with Crippen molar-refractivity contribution in [3.05, 3.63) is 12.3 Å². The van der Waals surface area contributed by atoms with Crippen molar-refractivity contribution in [1.82, 2.24) is 0 Å². The standard InChI is InChI=1S/C5H6O4/c6-3-1-2-9-4(3)5(7)8/h1-4,6H,(H,7,8). The Bertz CT molecular complexity index is 151. The number of carboxylic acids is 1. The molecule has 1 rings (SSSR count). The summed E-state index contributed by atoms with van der Waals surface area (Å²) in [5.74, 6) is -1.15. The van der Waals surface area contributed by atoms with Gasteiger partial charge in [0.05, 0.1) is 6.26 Å². The molecule has 0 radical (unpaired) electrons. The van der Waals surface area contributed by atoms with Gasteiger partial charge in [0.1, 0.15) is 6.10 Å². The van der Waals surface area contributed by atoms with Crippen LogP contribution in [0.3, 0.4) is 0 Å². The van der Waals surface area contributed by atoms with Crippen LogP contribution in [-0.4, -0.2) is 28.4 Å². The summed E-state index contributed by atoms with van der Waals surface area (Å²) in [6, 6.07) is 0. The molecule has 0 aliphatic carbocycles. The molecule has 0 spiro atoms. The largest absolute Gasteiger partial charge is 0.483 e. The zero-order valence-electron chi connectivity index (χ0n) is 4.52. The van der Waals surface area contributed by atoms with Gasteiger partial charge in [-0.15, -0.1) is 0 Å². The Kier molecular flexibility index (Phi) is 1.40. The Labute approximate surface area is 51.4 Å². The fourth-order valence-electron chi connectivity index (χ4n) is 0.596. The molecule has 1 aliphatic rings. The molecule has 50 valence electrons. The molecular weight excluding hydrogens is 124 g/mol.